The summed E-state index contributed by atoms with van der Waals surface area (Å²) < 4.78 is 0. The Labute approximate surface area is 123 Å². The molecule has 1 aromatic heterocycles. The zero-order valence-electron chi connectivity index (χ0n) is 13.3. The highest BCUT2D eigenvalue weighted by molar-refractivity contribution is 5.33. The van der Waals surface area contributed by atoms with Crippen LogP contribution in [0.15, 0.2) is 6.20 Å². The third kappa shape index (κ3) is 4.44. The maximum absolute atomic E-state index is 4.70. The highest BCUT2D eigenvalue weighted by atomic mass is 15.2. The van der Waals surface area contributed by atoms with Gasteiger partial charge in [-0.1, -0.05) is 13.8 Å². The van der Waals surface area contributed by atoms with Gasteiger partial charge in [0.1, 0.15) is 0 Å². The first kappa shape index (κ1) is 15.2. The van der Waals surface area contributed by atoms with Crippen molar-refractivity contribution in [1.82, 2.24) is 15.3 Å². The number of hydrogen-bond donors (Lipinski definition) is 1. The predicted octanol–water partition coefficient (Wildman–Crippen LogP) is 2.77. The normalized spacial score (nSPS) is 14.8. The van der Waals surface area contributed by atoms with E-state index in [9.17, 15) is 0 Å². The predicted molar refractivity (Wildman–Crippen MR) is 83.9 cm³/mol. The van der Waals surface area contributed by atoms with Gasteiger partial charge in [0.25, 0.3) is 0 Å². The Morgan fingerprint density at radius 3 is 2.70 bits per heavy atom. The summed E-state index contributed by atoms with van der Waals surface area (Å²) >= 11 is 0. The summed E-state index contributed by atoms with van der Waals surface area (Å²) in [5.41, 5.74) is 2.30. The van der Waals surface area contributed by atoms with Gasteiger partial charge in [0.05, 0.1) is 0 Å². The Bertz CT molecular complexity index is 426. The van der Waals surface area contributed by atoms with Crippen molar-refractivity contribution < 1.29 is 0 Å². The number of nitrogens with zero attached hydrogens (tertiary/aromatic N) is 3. The van der Waals surface area contributed by atoms with E-state index in [0.29, 0.717) is 5.92 Å². The van der Waals surface area contributed by atoms with Crippen LogP contribution >= 0.6 is 0 Å². The maximum atomic E-state index is 4.70. The van der Waals surface area contributed by atoms with Crippen molar-refractivity contribution in [1.29, 1.82) is 0 Å². The maximum Gasteiger partial charge on any atom is 0.225 e. The minimum Gasteiger partial charge on any atom is -0.341 e. The van der Waals surface area contributed by atoms with Gasteiger partial charge < -0.3 is 10.2 Å². The fraction of sp³-hybridized carbons (Fsp3) is 0.750. The van der Waals surface area contributed by atoms with E-state index in [0.717, 1.165) is 43.7 Å². The fourth-order valence-electron chi connectivity index (χ4n) is 2.27. The number of rotatable bonds is 8. The summed E-state index contributed by atoms with van der Waals surface area (Å²) in [6.45, 7) is 12.7. The number of hydrogen-bond acceptors (Lipinski definition) is 4. The molecule has 1 aliphatic carbocycles. The molecule has 1 saturated carbocycles. The van der Waals surface area contributed by atoms with Crippen LogP contribution in [-0.2, 0) is 6.54 Å². The smallest absolute Gasteiger partial charge is 0.225 e. The molecule has 0 radical (unpaired) electrons. The Balaban J connectivity index is 1.96. The van der Waals surface area contributed by atoms with Gasteiger partial charge in [0, 0.05) is 37.1 Å². The molecule has 1 aliphatic rings. The zero-order chi connectivity index (χ0) is 14.5. The standard InChI is InChI=1S/C16H28N4/c1-5-20(11-14-6-7-14)16-18-10-15(13(4)19-16)9-17-8-12(2)3/h10,12,14,17H,5-9,11H2,1-4H3. The molecule has 0 aliphatic heterocycles. The largest absolute Gasteiger partial charge is 0.341 e. The number of nitrogens with one attached hydrogen (secondary N) is 1. The Morgan fingerprint density at radius 2 is 2.15 bits per heavy atom. The third-order valence-corrected chi connectivity index (χ3v) is 3.78. The molecule has 0 saturated heterocycles. The first-order valence-corrected chi connectivity index (χ1v) is 7.88. The first-order valence-electron chi connectivity index (χ1n) is 7.88. The van der Waals surface area contributed by atoms with Crippen molar-refractivity contribution in [2.24, 2.45) is 11.8 Å². The molecular weight excluding hydrogens is 248 g/mol. The van der Waals surface area contributed by atoms with Crippen molar-refractivity contribution >= 4 is 5.95 Å². The molecule has 20 heavy (non-hydrogen) atoms. The second-order valence-corrected chi connectivity index (χ2v) is 6.29. The van der Waals surface area contributed by atoms with E-state index in [-0.39, 0.29) is 0 Å². The van der Waals surface area contributed by atoms with E-state index in [4.69, 9.17) is 4.98 Å². The van der Waals surface area contributed by atoms with Crippen LogP contribution in [0.2, 0.25) is 0 Å². The molecule has 0 bridgehead atoms. The quantitative estimate of drug-likeness (QED) is 0.792. The van der Waals surface area contributed by atoms with Crippen molar-refractivity contribution in [3.8, 4) is 0 Å². The average Bonchev–Trinajstić information content (AvgIpc) is 3.21. The van der Waals surface area contributed by atoms with Crippen LogP contribution in [-0.4, -0.2) is 29.6 Å². The molecule has 1 N–H and O–H groups in total. The monoisotopic (exact) mass is 276 g/mol. The minimum atomic E-state index is 0.671. The van der Waals surface area contributed by atoms with Gasteiger partial charge in [0.15, 0.2) is 0 Å². The SMILES string of the molecule is CCN(CC1CC1)c1ncc(CNCC(C)C)c(C)n1. The molecule has 0 atom stereocenters. The molecule has 4 nitrogen and oxygen atoms in total. The topological polar surface area (TPSA) is 41.1 Å². The molecule has 1 fully saturated rings. The van der Waals surface area contributed by atoms with Crippen molar-refractivity contribution in [3.05, 3.63) is 17.5 Å². The number of aromatic nitrogens is 2. The van der Waals surface area contributed by atoms with Gasteiger partial charge >= 0.3 is 0 Å². The van der Waals surface area contributed by atoms with Crippen LogP contribution in [0.1, 0.15) is 44.9 Å². The van der Waals surface area contributed by atoms with Gasteiger partial charge in [0.2, 0.25) is 5.95 Å². The summed E-state index contributed by atoms with van der Waals surface area (Å²) in [5.74, 6) is 2.43. The summed E-state index contributed by atoms with van der Waals surface area (Å²) in [4.78, 5) is 11.6. The molecule has 4 heteroatoms. The van der Waals surface area contributed by atoms with E-state index < -0.39 is 0 Å². The number of aryl methyl sites for hydroxylation is 1. The highest BCUT2D eigenvalue weighted by Crippen LogP contribution is 2.30. The van der Waals surface area contributed by atoms with E-state index in [2.05, 4.69) is 42.9 Å². The van der Waals surface area contributed by atoms with E-state index in [1.807, 2.05) is 6.20 Å². The molecule has 0 aromatic carbocycles. The van der Waals surface area contributed by atoms with Gasteiger partial charge in [-0.3, -0.25) is 0 Å². The van der Waals surface area contributed by atoms with E-state index in [1.54, 1.807) is 0 Å². The van der Waals surface area contributed by atoms with E-state index >= 15 is 0 Å². The van der Waals surface area contributed by atoms with Crippen molar-refractivity contribution in [2.45, 2.75) is 47.1 Å². The molecule has 112 valence electrons. The Morgan fingerprint density at radius 1 is 1.40 bits per heavy atom. The number of anilines is 1. The van der Waals surface area contributed by atoms with Crippen LogP contribution in [0.4, 0.5) is 5.95 Å². The lowest BCUT2D eigenvalue weighted by atomic mass is 10.2. The molecule has 1 aromatic rings. The summed E-state index contributed by atoms with van der Waals surface area (Å²) in [6, 6.07) is 0. The Kier molecular flexibility index (Phi) is 5.35. The van der Waals surface area contributed by atoms with Gasteiger partial charge in [-0.05, 0) is 45.1 Å². The van der Waals surface area contributed by atoms with Gasteiger partial charge in [-0.15, -0.1) is 0 Å². The van der Waals surface area contributed by atoms with Crippen LogP contribution in [0, 0.1) is 18.8 Å². The molecule has 2 rings (SSSR count). The Hall–Kier alpha value is -1.16. The van der Waals surface area contributed by atoms with Crippen molar-refractivity contribution in [3.63, 3.8) is 0 Å². The van der Waals surface area contributed by atoms with E-state index in [1.165, 1.54) is 18.4 Å². The van der Waals surface area contributed by atoms with Crippen LogP contribution in [0.5, 0.6) is 0 Å². The molecular formula is C16H28N4. The second-order valence-electron chi connectivity index (χ2n) is 6.29. The van der Waals surface area contributed by atoms with Crippen LogP contribution in [0.25, 0.3) is 0 Å². The lowest BCUT2D eigenvalue weighted by Crippen LogP contribution is -2.28. The molecule has 1 heterocycles. The lowest BCUT2D eigenvalue weighted by Gasteiger charge is -2.21. The molecule has 0 unspecified atom stereocenters. The van der Waals surface area contributed by atoms with Crippen molar-refractivity contribution in [2.75, 3.05) is 24.5 Å². The first-order chi connectivity index (χ1) is 9.60. The second kappa shape index (κ2) is 7.02. The highest BCUT2D eigenvalue weighted by Gasteiger charge is 2.24. The zero-order valence-corrected chi connectivity index (χ0v) is 13.3. The fourth-order valence-corrected chi connectivity index (χ4v) is 2.27. The van der Waals surface area contributed by atoms with Crippen LogP contribution in [0.3, 0.4) is 0 Å². The molecule has 0 spiro atoms. The average molecular weight is 276 g/mol. The summed E-state index contributed by atoms with van der Waals surface area (Å²) in [5, 5.41) is 3.45. The summed E-state index contributed by atoms with van der Waals surface area (Å²) in [6.07, 6.45) is 4.72. The minimum absolute atomic E-state index is 0.671. The van der Waals surface area contributed by atoms with Gasteiger partial charge in [-0.25, -0.2) is 9.97 Å². The summed E-state index contributed by atoms with van der Waals surface area (Å²) in [7, 11) is 0. The third-order valence-electron chi connectivity index (χ3n) is 3.78. The molecule has 0 amide bonds. The van der Waals surface area contributed by atoms with Gasteiger partial charge in [-0.2, -0.15) is 0 Å². The lowest BCUT2D eigenvalue weighted by molar-refractivity contribution is 0.550. The van der Waals surface area contributed by atoms with Crippen LogP contribution < -0.4 is 10.2 Å².